The summed E-state index contributed by atoms with van der Waals surface area (Å²) in [6.07, 6.45) is 1.91. The Morgan fingerprint density at radius 3 is 3.00 bits per heavy atom. The van der Waals surface area contributed by atoms with Crippen molar-refractivity contribution in [2.24, 2.45) is 0 Å². The Bertz CT molecular complexity index is 320. The second-order valence-electron chi connectivity index (χ2n) is 3.37. The second kappa shape index (κ2) is 5.49. The van der Waals surface area contributed by atoms with Crippen LogP contribution in [-0.4, -0.2) is 11.5 Å². The van der Waals surface area contributed by atoms with Gasteiger partial charge in [-0.05, 0) is 26.3 Å². The normalized spacial score (nSPS) is 14.4. The van der Waals surface area contributed by atoms with Crippen molar-refractivity contribution in [3.63, 3.8) is 0 Å². The zero-order chi connectivity index (χ0) is 10.6. The zero-order valence-electron chi connectivity index (χ0n) is 8.67. The molecule has 2 nitrogen and oxygen atoms in total. The maximum absolute atomic E-state index is 5.57. The Kier molecular flexibility index (Phi) is 4.58. The molecule has 1 unspecified atom stereocenters. The fourth-order valence-corrected chi connectivity index (χ4v) is 1.89. The average Bonchev–Trinajstić information content (AvgIpc) is 2.60. The van der Waals surface area contributed by atoms with Crippen LogP contribution in [0.2, 0.25) is 0 Å². The molecule has 14 heavy (non-hydrogen) atoms. The van der Waals surface area contributed by atoms with Crippen LogP contribution in [0.3, 0.4) is 0 Å². The summed E-state index contributed by atoms with van der Waals surface area (Å²) in [6, 6.07) is 0.292. The van der Waals surface area contributed by atoms with Gasteiger partial charge in [0.15, 0.2) is 0 Å². The summed E-state index contributed by atoms with van der Waals surface area (Å²) < 4.78 is 0. The minimum atomic E-state index is 0.292. The Morgan fingerprint density at radius 1 is 1.79 bits per heavy atom. The van der Waals surface area contributed by atoms with Gasteiger partial charge in [0.25, 0.3) is 0 Å². The molecule has 0 spiro atoms. The van der Waals surface area contributed by atoms with E-state index < -0.39 is 0 Å². The molecule has 1 aromatic heterocycles. The van der Waals surface area contributed by atoms with Gasteiger partial charge >= 0.3 is 0 Å². The van der Waals surface area contributed by atoms with E-state index in [0.717, 1.165) is 17.1 Å². The molecule has 0 aliphatic carbocycles. The lowest BCUT2D eigenvalue weighted by molar-refractivity contribution is 0.603. The molecule has 1 N–H and O–H groups in total. The Hall–Kier alpha value is -0.380. The third-order valence-electron chi connectivity index (χ3n) is 1.88. The number of rotatable bonds is 4. The highest BCUT2D eigenvalue weighted by Crippen LogP contribution is 2.18. The van der Waals surface area contributed by atoms with Crippen LogP contribution in [0.25, 0.3) is 0 Å². The molecular formula is C10H15ClN2S. The predicted octanol–water partition coefficient (Wildman–Crippen LogP) is 3.24. The molecule has 1 rings (SSSR count). The Morgan fingerprint density at radius 2 is 2.50 bits per heavy atom. The first-order valence-electron chi connectivity index (χ1n) is 4.55. The van der Waals surface area contributed by atoms with E-state index in [1.54, 1.807) is 16.9 Å². The molecule has 0 aliphatic heterocycles. The highest BCUT2D eigenvalue weighted by atomic mass is 35.5. The average molecular weight is 231 g/mol. The Balaban J connectivity index is 2.47. The number of aromatic nitrogens is 1. The number of aryl methyl sites for hydroxylation is 1. The van der Waals surface area contributed by atoms with Crippen molar-refractivity contribution in [1.29, 1.82) is 0 Å². The van der Waals surface area contributed by atoms with Crippen LogP contribution in [0, 0.1) is 6.92 Å². The first-order valence-corrected chi connectivity index (χ1v) is 5.80. The van der Waals surface area contributed by atoms with E-state index in [9.17, 15) is 0 Å². The highest BCUT2D eigenvalue weighted by molar-refractivity contribution is 7.11. The molecule has 1 atom stereocenters. The van der Waals surface area contributed by atoms with Crippen LogP contribution in [0.4, 0.5) is 0 Å². The molecule has 0 saturated heterocycles. The lowest BCUT2D eigenvalue weighted by Crippen LogP contribution is -2.20. The van der Waals surface area contributed by atoms with E-state index in [2.05, 4.69) is 24.1 Å². The summed E-state index contributed by atoms with van der Waals surface area (Å²) in [5.74, 6) is 0. The van der Waals surface area contributed by atoms with Gasteiger partial charge in [-0.15, -0.1) is 11.3 Å². The first-order chi connectivity index (χ1) is 6.63. The van der Waals surface area contributed by atoms with Crippen molar-refractivity contribution in [3.8, 4) is 0 Å². The quantitative estimate of drug-likeness (QED) is 0.859. The molecule has 0 aromatic carbocycles. The van der Waals surface area contributed by atoms with E-state index in [4.69, 9.17) is 11.6 Å². The number of thiazole rings is 1. The van der Waals surface area contributed by atoms with E-state index in [1.807, 2.05) is 13.1 Å². The van der Waals surface area contributed by atoms with Gasteiger partial charge in [-0.2, -0.15) is 0 Å². The van der Waals surface area contributed by atoms with Gasteiger partial charge in [-0.1, -0.05) is 11.6 Å². The number of hydrogen-bond acceptors (Lipinski definition) is 3. The number of hydrogen-bond donors (Lipinski definition) is 1. The summed E-state index contributed by atoms with van der Waals surface area (Å²) >= 11 is 7.30. The molecule has 78 valence electrons. The molecule has 1 aromatic rings. The van der Waals surface area contributed by atoms with Gasteiger partial charge in [0, 0.05) is 23.2 Å². The summed E-state index contributed by atoms with van der Waals surface area (Å²) in [5.41, 5.74) is 2.74. The fourth-order valence-electron chi connectivity index (χ4n) is 1.01. The Labute approximate surface area is 94.0 Å². The minimum absolute atomic E-state index is 0.292. The van der Waals surface area contributed by atoms with Gasteiger partial charge < -0.3 is 5.32 Å². The van der Waals surface area contributed by atoms with Crippen molar-refractivity contribution >= 4 is 22.9 Å². The molecule has 0 bridgehead atoms. The van der Waals surface area contributed by atoms with Gasteiger partial charge in [0.05, 0.1) is 6.04 Å². The fraction of sp³-hybridized carbons (Fsp3) is 0.500. The number of nitrogens with one attached hydrogen (secondary N) is 1. The molecule has 0 saturated carbocycles. The minimum Gasteiger partial charge on any atom is -0.304 e. The highest BCUT2D eigenvalue weighted by Gasteiger charge is 2.07. The smallest absolute Gasteiger partial charge is 0.109 e. The van der Waals surface area contributed by atoms with Gasteiger partial charge in [0.1, 0.15) is 5.01 Å². The van der Waals surface area contributed by atoms with E-state index in [0.29, 0.717) is 6.04 Å². The SMILES string of the molecule is C/C(=C\Cl)CNC(C)c1ncc(C)s1. The first kappa shape index (κ1) is 11.7. The van der Waals surface area contributed by atoms with E-state index >= 15 is 0 Å². The van der Waals surface area contributed by atoms with Crippen molar-refractivity contribution in [3.05, 3.63) is 27.2 Å². The lowest BCUT2D eigenvalue weighted by atomic mass is 10.3. The van der Waals surface area contributed by atoms with Crippen LogP contribution >= 0.6 is 22.9 Å². The third kappa shape index (κ3) is 3.40. The number of halogens is 1. The van der Waals surface area contributed by atoms with Crippen molar-refractivity contribution in [2.45, 2.75) is 26.8 Å². The number of nitrogens with zero attached hydrogens (tertiary/aromatic N) is 1. The second-order valence-corrected chi connectivity index (χ2v) is 4.85. The molecule has 0 aliphatic rings. The largest absolute Gasteiger partial charge is 0.304 e. The molecular weight excluding hydrogens is 216 g/mol. The summed E-state index contributed by atoms with van der Waals surface area (Å²) in [4.78, 5) is 5.57. The van der Waals surface area contributed by atoms with Crippen LogP contribution in [0.1, 0.15) is 29.8 Å². The van der Waals surface area contributed by atoms with Gasteiger partial charge in [-0.3, -0.25) is 0 Å². The van der Waals surface area contributed by atoms with Crippen molar-refractivity contribution in [2.75, 3.05) is 6.54 Å². The predicted molar refractivity (Wildman–Crippen MR) is 62.9 cm³/mol. The molecule has 0 radical (unpaired) electrons. The summed E-state index contributed by atoms with van der Waals surface area (Å²) in [7, 11) is 0. The van der Waals surface area contributed by atoms with E-state index in [1.165, 1.54) is 4.88 Å². The molecule has 0 amide bonds. The zero-order valence-corrected chi connectivity index (χ0v) is 10.2. The maximum Gasteiger partial charge on any atom is 0.109 e. The van der Waals surface area contributed by atoms with Crippen LogP contribution in [0.5, 0.6) is 0 Å². The molecule has 1 heterocycles. The molecule has 4 heteroatoms. The summed E-state index contributed by atoms with van der Waals surface area (Å²) in [5, 5.41) is 4.49. The van der Waals surface area contributed by atoms with Crippen LogP contribution in [0.15, 0.2) is 17.3 Å². The van der Waals surface area contributed by atoms with Crippen molar-refractivity contribution in [1.82, 2.24) is 10.3 Å². The summed E-state index contributed by atoms with van der Waals surface area (Å²) in [6.45, 7) is 6.99. The van der Waals surface area contributed by atoms with Crippen molar-refractivity contribution < 1.29 is 0 Å². The maximum atomic E-state index is 5.57. The standard InChI is InChI=1S/C10H15ClN2S/c1-7(4-11)5-12-9(3)10-13-6-8(2)14-10/h4,6,9,12H,5H2,1-3H3/b7-4+. The lowest BCUT2D eigenvalue weighted by Gasteiger charge is -2.10. The topological polar surface area (TPSA) is 24.9 Å². The third-order valence-corrected chi connectivity index (χ3v) is 3.35. The van der Waals surface area contributed by atoms with E-state index in [-0.39, 0.29) is 0 Å². The molecule has 0 fully saturated rings. The monoisotopic (exact) mass is 230 g/mol. The van der Waals surface area contributed by atoms with Crippen LogP contribution in [-0.2, 0) is 0 Å². The van der Waals surface area contributed by atoms with Gasteiger partial charge in [-0.25, -0.2) is 4.98 Å². The van der Waals surface area contributed by atoms with Gasteiger partial charge in [0.2, 0.25) is 0 Å². The van der Waals surface area contributed by atoms with Crippen LogP contribution < -0.4 is 5.32 Å².